The normalized spacial score (nSPS) is 15.9. The number of hydrogen-bond acceptors (Lipinski definition) is 4. The molecule has 1 N–H and O–H groups in total. The highest BCUT2D eigenvalue weighted by atomic mass is 16.2. The van der Waals surface area contributed by atoms with E-state index in [1.54, 1.807) is 18.3 Å². The van der Waals surface area contributed by atoms with Gasteiger partial charge in [-0.3, -0.25) is 4.79 Å². The van der Waals surface area contributed by atoms with Crippen molar-refractivity contribution >= 4 is 11.7 Å². The molecule has 0 bridgehead atoms. The van der Waals surface area contributed by atoms with Gasteiger partial charge in [0.25, 0.3) is 0 Å². The topological polar surface area (TPSA) is 69.0 Å². The van der Waals surface area contributed by atoms with Crippen LogP contribution in [0.2, 0.25) is 0 Å². The number of piperidine rings is 1. The number of hydrogen-bond donors (Lipinski definition) is 1. The number of aromatic nitrogens is 1. The lowest BCUT2D eigenvalue weighted by Crippen LogP contribution is -2.44. The van der Waals surface area contributed by atoms with Gasteiger partial charge in [-0.05, 0) is 37.0 Å². The molecule has 1 aliphatic rings. The molecule has 26 heavy (non-hydrogen) atoms. The third-order valence-corrected chi connectivity index (χ3v) is 4.98. The Balaban J connectivity index is 1.59. The minimum atomic E-state index is -0.0679. The number of nitrogens with zero attached hydrogens (tertiary/aromatic N) is 3. The van der Waals surface area contributed by atoms with Crippen LogP contribution in [0.5, 0.6) is 0 Å². The lowest BCUT2D eigenvalue weighted by Gasteiger charge is -2.34. The minimum Gasteiger partial charge on any atom is -0.366 e. The van der Waals surface area contributed by atoms with Gasteiger partial charge in [0.05, 0.1) is 11.5 Å². The first kappa shape index (κ1) is 17.9. The van der Waals surface area contributed by atoms with Crippen molar-refractivity contribution in [1.82, 2.24) is 9.88 Å². The summed E-state index contributed by atoms with van der Waals surface area (Å²) in [7, 11) is 0. The van der Waals surface area contributed by atoms with E-state index in [0.717, 1.165) is 37.9 Å². The van der Waals surface area contributed by atoms with Crippen molar-refractivity contribution in [3.8, 4) is 6.07 Å². The molecule has 134 valence electrons. The molecule has 3 rings (SSSR count). The fourth-order valence-corrected chi connectivity index (χ4v) is 3.51. The summed E-state index contributed by atoms with van der Waals surface area (Å²) in [5.74, 6) is 0.782. The molecule has 5 nitrogen and oxygen atoms in total. The smallest absolute Gasteiger partial charge is 0.230 e. The molecule has 0 unspecified atom stereocenters. The second-order valence-corrected chi connectivity index (χ2v) is 6.63. The van der Waals surface area contributed by atoms with Crippen molar-refractivity contribution < 1.29 is 4.79 Å². The molecule has 0 saturated carbocycles. The van der Waals surface area contributed by atoms with Gasteiger partial charge < -0.3 is 10.2 Å². The standard InChI is InChI=1S/C21H24N4O/c1-2-19(16-7-4-3-5-8-16)21(26)25-13-10-18(11-14-25)24-20-17(15-22)9-6-12-23-20/h3-9,12,18-19H,2,10-11,13-14H2,1H3,(H,23,24)/t19-/m0/s1. The van der Waals surface area contributed by atoms with Gasteiger partial charge in [0.2, 0.25) is 5.91 Å². The number of carbonyl (C=O) groups is 1. The van der Waals surface area contributed by atoms with Gasteiger partial charge in [-0.2, -0.15) is 5.26 Å². The molecule has 0 aliphatic carbocycles. The Kier molecular flexibility index (Phi) is 5.85. The van der Waals surface area contributed by atoms with Crippen molar-refractivity contribution in [2.75, 3.05) is 18.4 Å². The highest BCUT2D eigenvalue weighted by Crippen LogP contribution is 2.25. The molecule has 1 atom stereocenters. The van der Waals surface area contributed by atoms with Crippen LogP contribution >= 0.6 is 0 Å². The van der Waals surface area contributed by atoms with Crippen LogP contribution < -0.4 is 5.32 Å². The summed E-state index contributed by atoms with van der Waals surface area (Å²) in [6.07, 6.45) is 4.21. The summed E-state index contributed by atoms with van der Waals surface area (Å²) in [5, 5.41) is 12.5. The average Bonchev–Trinajstić information content (AvgIpc) is 2.70. The molecule has 2 aromatic rings. The van der Waals surface area contributed by atoms with Crippen molar-refractivity contribution in [3.63, 3.8) is 0 Å². The zero-order valence-corrected chi connectivity index (χ0v) is 15.1. The first-order chi connectivity index (χ1) is 12.7. The molecule has 2 heterocycles. The van der Waals surface area contributed by atoms with Gasteiger partial charge in [0.1, 0.15) is 11.9 Å². The minimum absolute atomic E-state index is 0.0679. The lowest BCUT2D eigenvalue weighted by atomic mass is 9.93. The predicted octanol–water partition coefficient (Wildman–Crippen LogP) is 3.55. The van der Waals surface area contributed by atoms with Crippen LogP contribution in [0, 0.1) is 11.3 Å². The number of anilines is 1. The fourth-order valence-electron chi connectivity index (χ4n) is 3.51. The summed E-state index contributed by atoms with van der Waals surface area (Å²) in [5.41, 5.74) is 1.65. The summed E-state index contributed by atoms with van der Waals surface area (Å²) in [6.45, 7) is 3.53. The Morgan fingerprint density at radius 2 is 2.00 bits per heavy atom. The van der Waals surface area contributed by atoms with E-state index in [2.05, 4.69) is 23.3 Å². The summed E-state index contributed by atoms with van der Waals surface area (Å²) in [6, 6.07) is 15.9. The first-order valence-electron chi connectivity index (χ1n) is 9.18. The molecule has 1 aromatic heterocycles. The van der Waals surface area contributed by atoms with E-state index in [9.17, 15) is 10.1 Å². The fraction of sp³-hybridized carbons (Fsp3) is 0.381. The number of benzene rings is 1. The van der Waals surface area contributed by atoms with E-state index in [4.69, 9.17) is 0 Å². The maximum absolute atomic E-state index is 12.9. The van der Waals surface area contributed by atoms with Gasteiger partial charge >= 0.3 is 0 Å². The molecular weight excluding hydrogens is 324 g/mol. The Morgan fingerprint density at radius 3 is 2.65 bits per heavy atom. The van der Waals surface area contributed by atoms with Gasteiger partial charge in [0.15, 0.2) is 0 Å². The molecule has 1 aromatic carbocycles. The zero-order chi connectivity index (χ0) is 18.4. The second kappa shape index (κ2) is 8.48. The van der Waals surface area contributed by atoms with E-state index >= 15 is 0 Å². The highest BCUT2D eigenvalue weighted by molar-refractivity contribution is 5.83. The van der Waals surface area contributed by atoms with Gasteiger partial charge in [-0.15, -0.1) is 0 Å². The van der Waals surface area contributed by atoms with E-state index < -0.39 is 0 Å². The molecule has 1 aliphatic heterocycles. The van der Waals surface area contributed by atoms with Crippen LogP contribution in [-0.4, -0.2) is 34.9 Å². The molecule has 1 fully saturated rings. The SMILES string of the molecule is CC[C@H](C(=O)N1CCC(Nc2ncccc2C#N)CC1)c1ccccc1. The molecule has 0 spiro atoms. The second-order valence-electron chi connectivity index (χ2n) is 6.63. The molecule has 0 radical (unpaired) electrons. The van der Waals surface area contributed by atoms with E-state index in [1.807, 2.05) is 35.2 Å². The van der Waals surface area contributed by atoms with Crippen LogP contribution in [0.25, 0.3) is 0 Å². The van der Waals surface area contributed by atoms with Crippen molar-refractivity contribution in [2.45, 2.75) is 38.1 Å². The van der Waals surface area contributed by atoms with Crippen LogP contribution in [0.3, 0.4) is 0 Å². The largest absolute Gasteiger partial charge is 0.366 e. The zero-order valence-electron chi connectivity index (χ0n) is 15.1. The quantitative estimate of drug-likeness (QED) is 0.897. The van der Waals surface area contributed by atoms with E-state index in [0.29, 0.717) is 11.4 Å². The number of carbonyl (C=O) groups excluding carboxylic acids is 1. The lowest BCUT2D eigenvalue weighted by molar-refractivity contribution is -0.133. The van der Waals surface area contributed by atoms with Crippen LogP contribution in [0.1, 0.15) is 43.2 Å². The Bertz CT molecular complexity index is 776. The number of amides is 1. The first-order valence-corrected chi connectivity index (χ1v) is 9.18. The third-order valence-electron chi connectivity index (χ3n) is 4.98. The van der Waals surface area contributed by atoms with Gasteiger partial charge in [-0.1, -0.05) is 37.3 Å². The molecule has 1 saturated heterocycles. The number of likely N-dealkylation sites (tertiary alicyclic amines) is 1. The van der Waals surface area contributed by atoms with Crippen LogP contribution in [-0.2, 0) is 4.79 Å². The number of nitrogens with one attached hydrogen (secondary N) is 1. The molecule has 5 heteroatoms. The number of pyridine rings is 1. The molecule has 1 amide bonds. The Labute approximate surface area is 154 Å². The monoisotopic (exact) mass is 348 g/mol. The van der Waals surface area contributed by atoms with Crippen LogP contribution in [0.15, 0.2) is 48.7 Å². The number of nitriles is 1. The maximum atomic E-state index is 12.9. The van der Waals surface area contributed by atoms with Gasteiger partial charge in [0, 0.05) is 25.3 Å². The predicted molar refractivity (Wildman–Crippen MR) is 102 cm³/mol. The Morgan fingerprint density at radius 1 is 1.27 bits per heavy atom. The van der Waals surface area contributed by atoms with Crippen molar-refractivity contribution in [3.05, 3.63) is 59.8 Å². The van der Waals surface area contributed by atoms with Crippen LogP contribution in [0.4, 0.5) is 5.82 Å². The van der Waals surface area contributed by atoms with Crippen molar-refractivity contribution in [1.29, 1.82) is 5.26 Å². The third kappa shape index (κ3) is 4.02. The van der Waals surface area contributed by atoms with E-state index in [-0.39, 0.29) is 17.9 Å². The van der Waals surface area contributed by atoms with Gasteiger partial charge in [-0.25, -0.2) is 4.98 Å². The Hall–Kier alpha value is -2.87. The molecular formula is C21H24N4O. The average molecular weight is 348 g/mol. The maximum Gasteiger partial charge on any atom is 0.230 e. The summed E-state index contributed by atoms with van der Waals surface area (Å²) in [4.78, 5) is 19.2. The van der Waals surface area contributed by atoms with Crippen molar-refractivity contribution in [2.24, 2.45) is 0 Å². The highest BCUT2D eigenvalue weighted by Gasteiger charge is 2.28. The van der Waals surface area contributed by atoms with E-state index in [1.165, 1.54) is 0 Å². The number of rotatable bonds is 5. The summed E-state index contributed by atoms with van der Waals surface area (Å²) >= 11 is 0. The summed E-state index contributed by atoms with van der Waals surface area (Å²) < 4.78 is 0.